The van der Waals surface area contributed by atoms with Gasteiger partial charge in [-0.05, 0) is 26.2 Å². The van der Waals surface area contributed by atoms with Gasteiger partial charge in [0.05, 0.1) is 6.61 Å². The molecule has 2 saturated heterocycles. The number of nitrogens with one attached hydrogen (secondary N) is 2. The summed E-state index contributed by atoms with van der Waals surface area (Å²) in [7, 11) is 0. The van der Waals surface area contributed by atoms with Gasteiger partial charge in [0.25, 0.3) is 5.82 Å². The highest BCUT2D eigenvalue weighted by Gasteiger charge is 2.41. The Morgan fingerprint density at radius 2 is 2.41 bits per heavy atom. The van der Waals surface area contributed by atoms with Crippen molar-refractivity contribution in [2.24, 2.45) is 0 Å². The fourth-order valence-corrected chi connectivity index (χ4v) is 2.85. The molecule has 2 bridgehead atoms. The fourth-order valence-electron chi connectivity index (χ4n) is 2.85. The SMILES string of the molecule is CCOC(=O)c1n[nH]c(C2CC3CCC2N3)n1. The van der Waals surface area contributed by atoms with E-state index < -0.39 is 5.97 Å². The Balaban J connectivity index is 1.74. The van der Waals surface area contributed by atoms with E-state index in [0.29, 0.717) is 24.6 Å². The van der Waals surface area contributed by atoms with E-state index in [1.807, 2.05) is 0 Å². The van der Waals surface area contributed by atoms with Gasteiger partial charge in [0, 0.05) is 18.0 Å². The van der Waals surface area contributed by atoms with Gasteiger partial charge in [-0.25, -0.2) is 9.78 Å². The number of hydrogen-bond acceptors (Lipinski definition) is 5. The molecule has 2 aliphatic heterocycles. The molecule has 6 nitrogen and oxygen atoms in total. The first kappa shape index (κ1) is 10.7. The largest absolute Gasteiger partial charge is 0.460 e. The van der Waals surface area contributed by atoms with Gasteiger partial charge < -0.3 is 10.1 Å². The van der Waals surface area contributed by atoms with Crippen molar-refractivity contribution in [1.29, 1.82) is 0 Å². The molecule has 2 aliphatic rings. The van der Waals surface area contributed by atoms with E-state index in [4.69, 9.17) is 4.74 Å². The topological polar surface area (TPSA) is 79.9 Å². The number of rotatable bonds is 3. The minimum Gasteiger partial charge on any atom is -0.460 e. The van der Waals surface area contributed by atoms with Gasteiger partial charge in [0.2, 0.25) is 0 Å². The first-order chi connectivity index (χ1) is 8.28. The zero-order valence-electron chi connectivity index (χ0n) is 9.77. The number of carbonyl (C=O) groups excluding carboxylic acids is 1. The lowest BCUT2D eigenvalue weighted by Gasteiger charge is -2.16. The molecular weight excluding hydrogens is 220 g/mol. The number of carbonyl (C=O) groups is 1. The lowest BCUT2D eigenvalue weighted by Crippen LogP contribution is -2.22. The maximum absolute atomic E-state index is 11.4. The van der Waals surface area contributed by atoms with Gasteiger partial charge in [-0.2, -0.15) is 0 Å². The molecule has 0 amide bonds. The Morgan fingerprint density at radius 3 is 3.06 bits per heavy atom. The molecule has 2 fully saturated rings. The maximum atomic E-state index is 11.4. The predicted octanol–water partition coefficient (Wildman–Crippen LogP) is 0.589. The smallest absolute Gasteiger partial charge is 0.378 e. The molecule has 0 spiro atoms. The Kier molecular flexibility index (Phi) is 2.58. The zero-order chi connectivity index (χ0) is 11.8. The minimum absolute atomic E-state index is 0.143. The van der Waals surface area contributed by atoms with Crippen LogP contribution in [0.4, 0.5) is 0 Å². The van der Waals surface area contributed by atoms with Crippen molar-refractivity contribution >= 4 is 5.97 Å². The van der Waals surface area contributed by atoms with Gasteiger partial charge in [-0.15, -0.1) is 5.10 Å². The lowest BCUT2D eigenvalue weighted by atomic mass is 9.89. The zero-order valence-corrected chi connectivity index (χ0v) is 9.77. The Labute approximate surface area is 99.1 Å². The molecule has 17 heavy (non-hydrogen) atoms. The highest BCUT2D eigenvalue weighted by molar-refractivity contribution is 5.84. The molecule has 0 aliphatic carbocycles. The quantitative estimate of drug-likeness (QED) is 0.751. The third-order valence-electron chi connectivity index (χ3n) is 3.61. The van der Waals surface area contributed by atoms with Gasteiger partial charge in [-0.1, -0.05) is 0 Å². The number of hydrogen-bond donors (Lipinski definition) is 2. The van der Waals surface area contributed by atoms with Crippen LogP contribution in [0.5, 0.6) is 0 Å². The summed E-state index contributed by atoms with van der Waals surface area (Å²) in [5.74, 6) is 0.868. The second-order valence-electron chi connectivity index (χ2n) is 4.65. The molecule has 3 heterocycles. The third kappa shape index (κ3) is 1.82. The van der Waals surface area contributed by atoms with Gasteiger partial charge >= 0.3 is 5.97 Å². The van der Waals surface area contributed by atoms with Crippen molar-refractivity contribution in [2.45, 2.75) is 44.2 Å². The molecular formula is C11H16N4O2. The summed E-state index contributed by atoms with van der Waals surface area (Å²) in [5, 5.41) is 10.3. The number of aromatic amines is 1. The Bertz CT molecular complexity index is 431. The first-order valence-corrected chi connectivity index (χ1v) is 6.13. The molecule has 6 heteroatoms. The summed E-state index contributed by atoms with van der Waals surface area (Å²) in [6, 6.07) is 1.10. The lowest BCUT2D eigenvalue weighted by molar-refractivity contribution is 0.0512. The molecule has 2 N–H and O–H groups in total. The van der Waals surface area contributed by atoms with Crippen LogP contribution in [0.2, 0.25) is 0 Å². The Hall–Kier alpha value is -1.43. The second-order valence-corrected chi connectivity index (χ2v) is 4.65. The van der Waals surface area contributed by atoms with Crippen LogP contribution in [0.3, 0.4) is 0 Å². The highest BCUT2D eigenvalue weighted by Crippen LogP contribution is 2.38. The van der Waals surface area contributed by atoms with E-state index in [2.05, 4.69) is 20.5 Å². The van der Waals surface area contributed by atoms with Crippen LogP contribution in [-0.4, -0.2) is 39.8 Å². The van der Waals surface area contributed by atoms with Crippen molar-refractivity contribution in [3.63, 3.8) is 0 Å². The third-order valence-corrected chi connectivity index (χ3v) is 3.61. The molecule has 1 aromatic rings. The molecule has 3 atom stereocenters. The van der Waals surface area contributed by atoms with E-state index in [9.17, 15) is 4.79 Å². The van der Waals surface area contributed by atoms with Crippen LogP contribution < -0.4 is 5.32 Å². The summed E-state index contributed by atoms with van der Waals surface area (Å²) in [6.07, 6.45) is 3.52. The van der Waals surface area contributed by atoms with Crippen molar-refractivity contribution in [3.8, 4) is 0 Å². The average Bonchev–Trinajstić information content (AvgIpc) is 3.05. The number of aromatic nitrogens is 3. The fraction of sp³-hybridized carbons (Fsp3) is 0.727. The monoisotopic (exact) mass is 236 g/mol. The minimum atomic E-state index is -0.453. The van der Waals surface area contributed by atoms with Crippen molar-refractivity contribution < 1.29 is 9.53 Å². The average molecular weight is 236 g/mol. The molecule has 0 saturated carbocycles. The number of esters is 1. The molecule has 92 valence electrons. The normalized spacial score (nSPS) is 30.8. The molecule has 3 rings (SSSR count). The van der Waals surface area contributed by atoms with Crippen molar-refractivity contribution in [3.05, 3.63) is 11.6 Å². The number of nitrogens with zero attached hydrogens (tertiary/aromatic N) is 2. The van der Waals surface area contributed by atoms with E-state index in [-0.39, 0.29) is 5.82 Å². The highest BCUT2D eigenvalue weighted by atomic mass is 16.5. The van der Waals surface area contributed by atoms with Gasteiger partial charge in [0.1, 0.15) is 5.82 Å². The van der Waals surface area contributed by atoms with E-state index >= 15 is 0 Å². The standard InChI is InChI=1S/C11H16N4O2/c1-2-17-11(16)10-13-9(14-15-10)7-5-6-3-4-8(7)12-6/h6-8,12H,2-5H2,1H3,(H,13,14,15). The van der Waals surface area contributed by atoms with Gasteiger partial charge in [-0.3, -0.25) is 5.10 Å². The number of fused-ring (bicyclic) bond motifs is 2. The number of H-pyrrole nitrogens is 1. The first-order valence-electron chi connectivity index (χ1n) is 6.13. The van der Waals surface area contributed by atoms with Gasteiger partial charge in [0.15, 0.2) is 0 Å². The van der Waals surface area contributed by atoms with Crippen molar-refractivity contribution in [2.75, 3.05) is 6.61 Å². The molecule has 1 aromatic heterocycles. The van der Waals surface area contributed by atoms with Crippen LogP contribution in [0, 0.1) is 0 Å². The summed E-state index contributed by atoms with van der Waals surface area (Å²) < 4.78 is 4.87. The Morgan fingerprint density at radius 1 is 1.53 bits per heavy atom. The summed E-state index contributed by atoms with van der Waals surface area (Å²) in [4.78, 5) is 15.7. The summed E-state index contributed by atoms with van der Waals surface area (Å²) in [5.41, 5.74) is 0. The molecule has 3 unspecified atom stereocenters. The van der Waals surface area contributed by atoms with Crippen LogP contribution in [0.1, 0.15) is 48.5 Å². The van der Waals surface area contributed by atoms with Crippen molar-refractivity contribution in [1.82, 2.24) is 20.5 Å². The van der Waals surface area contributed by atoms with E-state index in [1.54, 1.807) is 6.92 Å². The maximum Gasteiger partial charge on any atom is 0.378 e. The molecule has 0 aromatic carbocycles. The number of ether oxygens (including phenoxy) is 1. The van der Waals surface area contributed by atoms with E-state index in [0.717, 1.165) is 12.2 Å². The van der Waals surface area contributed by atoms with Crippen LogP contribution in [0.15, 0.2) is 0 Å². The molecule has 0 radical (unpaired) electrons. The van der Waals surface area contributed by atoms with E-state index in [1.165, 1.54) is 12.8 Å². The predicted molar refractivity (Wildman–Crippen MR) is 59.6 cm³/mol. The van der Waals surface area contributed by atoms with Crippen LogP contribution in [-0.2, 0) is 4.74 Å². The van der Waals surface area contributed by atoms with Crippen LogP contribution in [0.25, 0.3) is 0 Å². The van der Waals surface area contributed by atoms with Crippen LogP contribution >= 0.6 is 0 Å². The summed E-state index contributed by atoms with van der Waals surface area (Å²) >= 11 is 0. The second kappa shape index (κ2) is 4.10. The summed E-state index contributed by atoms with van der Waals surface area (Å²) in [6.45, 7) is 2.11.